The Labute approximate surface area is 155 Å². The number of fused-ring (bicyclic) bond motifs is 1. The lowest BCUT2D eigenvalue weighted by atomic mass is 10.2. The molecule has 0 saturated carbocycles. The number of nitrogens with one attached hydrogen (secondary N) is 1. The number of hydrogen-bond donors (Lipinski definition) is 1. The lowest BCUT2D eigenvalue weighted by Gasteiger charge is -2.09. The molecule has 1 N–H and O–H groups in total. The highest BCUT2D eigenvalue weighted by atomic mass is 79.9. The predicted molar refractivity (Wildman–Crippen MR) is 99.5 cm³/mol. The zero-order chi connectivity index (χ0) is 18.1. The molecule has 26 heavy (non-hydrogen) atoms. The zero-order valence-corrected chi connectivity index (χ0v) is 14.8. The molecule has 0 saturated heterocycles. The first kappa shape index (κ1) is 16.2. The number of benzene rings is 1. The number of carbonyl (C=O) groups is 1. The van der Waals surface area contributed by atoms with Gasteiger partial charge in [0, 0.05) is 17.8 Å². The molecule has 0 aliphatic carbocycles. The summed E-state index contributed by atoms with van der Waals surface area (Å²) in [4.78, 5) is 29.0. The highest BCUT2D eigenvalue weighted by Crippen LogP contribution is 2.20. The topological polar surface area (TPSA) is 90.0 Å². The molecule has 128 valence electrons. The Morgan fingerprint density at radius 2 is 2.04 bits per heavy atom. The molecule has 3 heterocycles. The molecule has 4 aromatic rings. The second-order valence-corrected chi connectivity index (χ2v) is 6.33. The summed E-state index contributed by atoms with van der Waals surface area (Å²) < 4.78 is 7.50. The minimum atomic E-state index is -0.700. The summed E-state index contributed by atoms with van der Waals surface area (Å²) in [6.07, 6.45) is 4.91. The van der Waals surface area contributed by atoms with E-state index >= 15 is 0 Å². The molecule has 0 aliphatic heterocycles. The third-order valence-electron chi connectivity index (χ3n) is 3.69. The average Bonchev–Trinajstić information content (AvgIpc) is 3.07. The van der Waals surface area contributed by atoms with E-state index in [0.717, 1.165) is 4.47 Å². The van der Waals surface area contributed by atoms with Crippen LogP contribution in [0.1, 0.15) is 10.4 Å². The van der Waals surface area contributed by atoms with Crippen molar-refractivity contribution in [3.05, 3.63) is 81.5 Å². The van der Waals surface area contributed by atoms with Gasteiger partial charge in [-0.1, -0.05) is 18.2 Å². The SMILES string of the molecule is O=C(Nc1cccnc1-n1cc(Br)cn1)c1cc2ccccc2oc1=O. The molecule has 0 fully saturated rings. The summed E-state index contributed by atoms with van der Waals surface area (Å²) in [7, 11) is 0. The first-order valence-corrected chi connectivity index (χ1v) is 8.41. The summed E-state index contributed by atoms with van der Waals surface area (Å²) in [6.45, 7) is 0. The number of pyridine rings is 1. The molecule has 0 radical (unpaired) electrons. The maximum atomic E-state index is 12.6. The second-order valence-electron chi connectivity index (χ2n) is 5.42. The molecule has 1 aromatic carbocycles. The quantitative estimate of drug-likeness (QED) is 0.522. The maximum absolute atomic E-state index is 12.6. The van der Waals surface area contributed by atoms with Crippen molar-refractivity contribution < 1.29 is 9.21 Å². The Balaban J connectivity index is 1.72. The van der Waals surface area contributed by atoms with Crippen LogP contribution in [-0.4, -0.2) is 20.7 Å². The largest absolute Gasteiger partial charge is 0.422 e. The van der Waals surface area contributed by atoms with Gasteiger partial charge in [-0.25, -0.2) is 14.5 Å². The van der Waals surface area contributed by atoms with Crippen LogP contribution in [0.3, 0.4) is 0 Å². The Morgan fingerprint density at radius 1 is 1.19 bits per heavy atom. The van der Waals surface area contributed by atoms with Gasteiger partial charge in [-0.3, -0.25) is 4.79 Å². The van der Waals surface area contributed by atoms with Gasteiger partial charge in [0.25, 0.3) is 5.91 Å². The van der Waals surface area contributed by atoms with Crippen LogP contribution in [0.2, 0.25) is 0 Å². The minimum absolute atomic E-state index is 0.0832. The molecular formula is C18H11BrN4O3. The van der Waals surface area contributed by atoms with Crippen molar-refractivity contribution in [2.75, 3.05) is 5.32 Å². The smallest absolute Gasteiger partial charge is 0.349 e. The van der Waals surface area contributed by atoms with Crippen molar-refractivity contribution in [3.8, 4) is 5.82 Å². The molecule has 3 aromatic heterocycles. The van der Waals surface area contributed by atoms with E-state index in [1.54, 1.807) is 55.0 Å². The Bertz CT molecular complexity index is 1180. The molecule has 4 rings (SSSR count). The highest BCUT2D eigenvalue weighted by Gasteiger charge is 2.16. The van der Waals surface area contributed by atoms with E-state index in [1.165, 1.54) is 10.7 Å². The molecule has 0 aliphatic rings. The van der Waals surface area contributed by atoms with Crippen LogP contribution in [0.25, 0.3) is 16.8 Å². The van der Waals surface area contributed by atoms with Gasteiger partial charge in [0.05, 0.1) is 16.4 Å². The van der Waals surface area contributed by atoms with Crippen molar-refractivity contribution in [1.82, 2.24) is 14.8 Å². The number of aromatic nitrogens is 3. The van der Waals surface area contributed by atoms with Gasteiger partial charge in [0.15, 0.2) is 5.82 Å². The zero-order valence-electron chi connectivity index (χ0n) is 13.2. The standard InChI is InChI=1S/C18H11BrN4O3/c19-12-9-21-23(10-12)16-14(5-3-7-20-16)22-17(24)13-8-11-4-1-2-6-15(11)26-18(13)25/h1-10H,(H,22,24). The van der Waals surface area contributed by atoms with Crippen molar-refractivity contribution in [1.29, 1.82) is 0 Å². The number of nitrogens with zero attached hydrogens (tertiary/aromatic N) is 3. The molecule has 0 atom stereocenters. The van der Waals surface area contributed by atoms with Crippen LogP contribution < -0.4 is 10.9 Å². The van der Waals surface area contributed by atoms with Gasteiger partial charge in [0.1, 0.15) is 11.1 Å². The number of hydrogen-bond acceptors (Lipinski definition) is 5. The summed E-state index contributed by atoms with van der Waals surface area (Å²) in [5.41, 5.74) is 0.0618. The van der Waals surface area contributed by atoms with E-state index in [-0.39, 0.29) is 5.56 Å². The third-order valence-corrected chi connectivity index (χ3v) is 4.10. The van der Waals surface area contributed by atoms with Gasteiger partial charge in [-0.2, -0.15) is 5.10 Å². The number of halogens is 1. The summed E-state index contributed by atoms with van der Waals surface area (Å²) in [5, 5.41) is 7.53. The molecule has 0 bridgehead atoms. The monoisotopic (exact) mass is 410 g/mol. The number of rotatable bonds is 3. The van der Waals surface area contributed by atoms with Crippen LogP contribution in [0.4, 0.5) is 5.69 Å². The van der Waals surface area contributed by atoms with E-state index in [1.807, 2.05) is 0 Å². The van der Waals surface area contributed by atoms with Gasteiger partial charge in [0.2, 0.25) is 0 Å². The fourth-order valence-electron chi connectivity index (χ4n) is 2.50. The fourth-order valence-corrected chi connectivity index (χ4v) is 2.79. The number of amides is 1. The maximum Gasteiger partial charge on any atom is 0.349 e. The normalized spacial score (nSPS) is 10.8. The lowest BCUT2D eigenvalue weighted by molar-refractivity contribution is 0.102. The van der Waals surface area contributed by atoms with Gasteiger partial charge >= 0.3 is 5.63 Å². The molecular weight excluding hydrogens is 400 g/mol. The van der Waals surface area contributed by atoms with Crippen LogP contribution in [0, 0.1) is 0 Å². The average molecular weight is 411 g/mol. The summed E-state index contributed by atoms with van der Waals surface area (Å²) in [5.74, 6) is -0.151. The highest BCUT2D eigenvalue weighted by molar-refractivity contribution is 9.10. The van der Waals surface area contributed by atoms with Crippen molar-refractivity contribution >= 4 is 38.5 Å². The minimum Gasteiger partial charge on any atom is -0.422 e. The van der Waals surface area contributed by atoms with Crippen molar-refractivity contribution in [3.63, 3.8) is 0 Å². The van der Waals surface area contributed by atoms with E-state index in [4.69, 9.17) is 4.42 Å². The molecule has 0 spiro atoms. The van der Waals surface area contributed by atoms with E-state index in [9.17, 15) is 9.59 Å². The van der Waals surface area contributed by atoms with E-state index in [2.05, 4.69) is 31.3 Å². The van der Waals surface area contributed by atoms with Crippen molar-refractivity contribution in [2.45, 2.75) is 0 Å². The number of anilines is 1. The predicted octanol–water partition coefficient (Wildman–Crippen LogP) is 3.39. The van der Waals surface area contributed by atoms with E-state index < -0.39 is 11.5 Å². The fraction of sp³-hybridized carbons (Fsp3) is 0. The molecule has 8 heteroatoms. The lowest BCUT2D eigenvalue weighted by Crippen LogP contribution is -2.21. The number of carbonyl (C=O) groups excluding carboxylic acids is 1. The number of para-hydroxylation sites is 1. The van der Waals surface area contributed by atoms with Crippen LogP contribution >= 0.6 is 15.9 Å². The van der Waals surface area contributed by atoms with Crippen LogP contribution in [-0.2, 0) is 0 Å². The van der Waals surface area contributed by atoms with Crippen LogP contribution in [0.5, 0.6) is 0 Å². The van der Waals surface area contributed by atoms with Gasteiger partial charge in [-0.15, -0.1) is 0 Å². The van der Waals surface area contributed by atoms with Crippen LogP contribution in [0.15, 0.2) is 74.7 Å². The first-order valence-electron chi connectivity index (χ1n) is 7.61. The Kier molecular flexibility index (Phi) is 4.10. The van der Waals surface area contributed by atoms with Crippen molar-refractivity contribution in [2.24, 2.45) is 0 Å². The third kappa shape index (κ3) is 3.02. The van der Waals surface area contributed by atoms with Gasteiger partial charge in [-0.05, 0) is 40.2 Å². The summed E-state index contributed by atoms with van der Waals surface area (Å²) in [6, 6.07) is 11.9. The first-order chi connectivity index (χ1) is 12.6. The molecule has 1 amide bonds. The van der Waals surface area contributed by atoms with Gasteiger partial charge < -0.3 is 9.73 Å². The molecule has 7 nitrogen and oxygen atoms in total. The second kappa shape index (κ2) is 6.57. The molecule has 0 unspecified atom stereocenters. The van der Waals surface area contributed by atoms with E-state index in [0.29, 0.717) is 22.5 Å². The Hall–Kier alpha value is -3.26. The Morgan fingerprint density at radius 3 is 2.85 bits per heavy atom. The summed E-state index contributed by atoms with van der Waals surface area (Å²) >= 11 is 3.32.